The molecule has 20 heavy (non-hydrogen) atoms. The highest BCUT2D eigenvalue weighted by atomic mass is 35.5. The van der Waals surface area contributed by atoms with Gasteiger partial charge in [-0.25, -0.2) is 0 Å². The van der Waals surface area contributed by atoms with Gasteiger partial charge in [-0.1, -0.05) is 61.0 Å². The van der Waals surface area contributed by atoms with Crippen molar-refractivity contribution < 1.29 is 0 Å². The first-order chi connectivity index (χ1) is 9.78. The minimum Gasteiger partial charge on any atom is -0.307 e. The maximum atomic E-state index is 6.09. The molecule has 3 unspecified atom stereocenters. The highest BCUT2D eigenvalue weighted by molar-refractivity contribution is 6.30. The standard InChI is InChI=1S/C18H20ClN/c1-2-17(14-9-6-10-15(19)11-14)20-18-12-16(18)13-7-4-3-5-8-13/h3-11,16-18,20H,2,12H2,1H3. The van der Waals surface area contributed by atoms with E-state index in [0.29, 0.717) is 18.0 Å². The van der Waals surface area contributed by atoms with Gasteiger partial charge in [0.05, 0.1) is 0 Å². The Morgan fingerprint density at radius 1 is 1.15 bits per heavy atom. The molecule has 2 aromatic carbocycles. The Hall–Kier alpha value is -1.31. The first-order valence-electron chi connectivity index (χ1n) is 7.34. The fourth-order valence-corrected chi connectivity index (χ4v) is 3.08. The van der Waals surface area contributed by atoms with Crippen molar-refractivity contribution in [1.29, 1.82) is 0 Å². The first kappa shape index (κ1) is 13.7. The van der Waals surface area contributed by atoms with Crippen LogP contribution in [0.15, 0.2) is 54.6 Å². The summed E-state index contributed by atoms with van der Waals surface area (Å²) in [5, 5.41) is 4.59. The summed E-state index contributed by atoms with van der Waals surface area (Å²) in [6, 6.07) is 20.0. The van der Waals surface area contributed by atoms with Crippen LogP contribution in [0.5, 0.6) is 0 Å². The van der Waals surface area contributed by atoms with E-state index in [0.717, 1.165) is 11.4 Å². The van der Waals surface area contributed by atoms with E-state index in [4.69, 9.17) is 11.6 Å². The molecule has 0 bridgehead atoms. The third-order valence-corrected chi connectivity index (χ3v) is 4.33. The molecular weight excluding hydrogens is 266 g/mol. The maximum absolute atomic E-state index is 6.09. The van der Waals surface area contributed by atoms with E-state index in [1.807, 2.05) is 12.1 Å². The Bertz CT molecular complexity index is 567. The van der Waals surface area contributed by atoms with Crippen molar-refractivity contribution >= 4 is 11.6 Å². The second-order valence-electron chi connectivity index (χ2n) is 5.54. The molecule has 1 nitrogen and oxygen atoms in total. The molecule has 1 N–H and O–H groups in total. The Morgan fingerprint density at radius 3 is 2.65 bits per heavy atom. The molecule has 1 fully saturated rings. The van der Waals surface area contributed by atoms with Crippen molar-refractivity contribution in [2.24, 2.45) is 0 Å². The molecule has 1 saturated carbocycles. The summed E-state index contributed by atoms with van der Waals surface area (Å²) in [4.78, 5) is 0. The molecule has 0 radical (unpaired) electrons. The van der Waals surface area contributed by atoms with Gasteiger partial charge in [-0.15, -0.1) is 0 Å². The van der Waals surface area contributed by atoms with Gasteiger partial charge in [0, 0.05) is 23.0 Å². The second-order valence-corrected chi connectivity index (χ2v) is 5.98. The minimum absolute atomic E-state index is 0.396. The third kappa shape index (κ3) is 3.05. The average Bonchev–Trinajstić information content (AvgIpc) is 3.25. The van der Waals surface area contributed by atoms with Crippen LogP contribution >= 0.6 is 11.6 Å². The number of hydrogen-bond donors (Lipinski definition) is 1. The van der Waals surface area contributed by atoms with Crippen molar-refractivity contribution in [2.75, 3.05) is 0 Å². The summed E-state index contributed by atoms with van der Waals surface area (Å²) in [7, 11) is 0. The number of benzene rings is 2. The monoisotopic (exact) mass is 285 g/mol. The lowest BCUT2D eigenvalue weighted by atomic mass is 10.0. The molecule has 0 aliphatic heterocycles. The zero-order chi connectivity index (χ0) is 13.9. The highest BCUT2D eigenvalue weighted by Gasteiger charge is 2.39. The maximum Gasteiger partial charge on any atom is 0.0409 e. The molecular formula is C18H20ClN. The summed E-state index contributed by atoms with van der Waals surface area (Å²) in [5.41, 5.74) is 2.74. The van der Waals surface area contributed by atoms with Crippen molar-refractivity contribution in [2.45, 2.75) is 37.8 Å². The van der Waals surface area contributed by atoms with Gasteiger partial charge in [0.15, 0.2) is 0 Å². The zero-order valence-electron chi connectivity index (χ0n) is 11.7. The molecule has 1 aliphatic carbocycles. The van der Waals surface area contributed by atoms with E-state index in [1.165, 1.54) is 17.5 Å². The lowest BCUT2D eigenvalue weighted by Crippen LogP contribution is -2.24. The van der Waals surface area contributed by atoms with Gasteiger partial charge in [-0.05, 0) is 36.1 Å². The Kier molecular flexibility index (Phi) is 4.09. The molecule has 3 rings (SSSR count). The first-order valence-corrected chi connectivity index (χ1v) is 7.72. The highest BCUT2D eigenvalue weighted by Crippen LogP contribution is 2.42. The van der Waals surface area contributed by atoms with Gasteiger partial charge in [0.1, 0.15) is 0 Å². The van der Waals surface area contributed by atoms with Crippen molar-refractivity contribution in [3.05, 3.63) is 70.7 Å². The van der Waals surface area contributed by atoms with Crippen molar-refractivity contribution in [3.8, 4) is 0 Å². The molecule has 3 atom stereocenters. The van der Waals surface area contributed by atoms with Crippen molar-refractivity contribution in [3.63, 3.8) is 0 Å². The smallest absolute Gasteiger partial charge is 0.0409 e. The topological polar surface area (TPSA) is 12.0 Å². The van der Waals surface area contributed by atoms with E-state index in [-0.39, 0.29) is 0 Å². The second kappa shape index (κ2) is 5.99. The molecule has 104 valence electrons. The Morgan fingerprint density at radius 2 is 1.95 bits per heavy atom. The molecule has 0 saturated heterocycles. The van der Waals surface area contributed by atoms with Gasteiger partial charge in [-0.3, -0.25) is 0 Å². The van der Waals surface area contributed by atoms with Crippen LogP contribution < -0.4 is 5.32 Å². The van der Waals surface area contributed by atoms with E-state index < -0.39 is 0 Å². The van der Waals surface area contributed by atoms with Crippen molar-refractivity contribution in [1.82, 2.24) is 5.32 Å². The van der Waals surface area contributed by atoms with E-state index >= 15 is 0 Å². The Balaban J connectivity index is 1.66. The summed E-state index contributed by atoms with van der Waals surface area (Å²) >= 11 is 6.09. The fourth-order valence-electron chi connectivity index (χ4n) is 2.88. The van der Waals surface area contributed by atoms with Crippen LogP contribution in [-0.4, -0.2) is 6.04 Å². The predicted octanol–water partition coefficient (Wildman–Crippen LogP) is 4.94. The molecule has 2 heteroatoms. The molecule has 2 aromatic rings. The number of nitrogens with one attached hydrogen (secondary N) is 1. The lowest BCUT2D eigenvalue weighted by molar-refractivity contribution is 0.510. The lowest BCUT2D eigenvalue weighted by Gasteiger charge is -2.18. The van der Waals surface area contributed by atoms with Gasteiger partial charge in [0.2, 0.25) is 0 Å². The van der Waals surface area contributed by atoms with Gasteiger partial charge in [-0.2, -0.15) is 0 Å². The van der Waals surface area contributed by atoms with Crippen LogP contribution in [0.3, 0.4) is 0 Å². The molecule has 0 spiro atoms. The fraction of sp³-hybridized carbons (Fsp3) is 0.333. The van der Waals surface area contributed by atoms with Gasteiger partial charge < -0.3 is 5.32 Å². The van der Waals surface area contributed by atoms with Gasteiger partial charge in [0.25, 0.3) is 0 Å². The van der Waals surface area contributed by atoms with Crippen LogP contribution in [-0.2, 0) is 0 Å². The SMILES string of the molecule is CCC(NC1CC1c1ccccc1)c1cccc(Cl)c1. The van der Waals surface area contributed by atoms with Crippen LogP contribution in [0, 0.1) is 0 Å². The van der Waals surface area contributed by atoms with Crippen LogP contribution in [0.2, 0.25) is 5.02 Å². The molecule has 1 aliphatic rings. The summed E-state index contributed by atoms with van der Waals surface area (Å²) in [6.45, 7) is 2.22. The number of hydrogen-bond acceptors (Lipinski definition) is 1. The molecule has 0 heterocycles. The largest absolute Gasteiger partial charge is 0.307 e. The molecule has 0 aromatic heterocycles. The molecule has 0 amide bonds. The summed E-state index contributed by atoms with van der Waals surface area (Å²) in [5.74, 6) is 0.671. The summed E-state index contributed by atoms with van der Waals surface area (Å²) < 4.78 is 0. The van der Waals surface area contributed by atoms with E-state index in [9.17, 15) is 0 Å². The van der Waals surface area contributed by atoms with Crippen LogP contribution in [0.1, 0.15) is 42.9 Å². The van der Waals surface area contributed by atoms with Gasteiger partial charge >= 0.3 is 0 Å². The number of rotatable bonds is 5. The Labute approximate surface area is 126 Å². The minimum atomic E-state index is 0.396. The predicted molar refractivity (Wildman–Crippen MR) is 85.2 cm³/mol. The third-order valence-electron chi connectivity index (χ3n) is 4.09. The van der Waals surface area contributed by atoms with E-state index in [1.54, 1.807) is 0 Å². The summed E-state index contributed by atoms with van der Waals surface area (Å²) in [6.07, 6.45) is 2.32. The zero-order valence-corrected chi connectivity index (χ0v) is 12.5. The van der Waals surface area contributed by atoms with E-state index in [2.05, 4.69) is 54.7 Å². The van der Waals surface area contributed by atoms with Crippen LogP contribution in [0.4, 0.5) is 0 Å². The quantitative estimate of drug-likeness (QED) is 0.821. The van der Waals surface area contributed by atoms with Crippen LogP contribution in [0.25, 0.3) is 0 Å². The normalized spacial score (nSPS) is 22.5. The number of halogens is 1. The average molecular weight is 286 g/mol.